The van der Waals surface area contributed by atoms with Gasteiger partial charge in [0, 0.05) is 12.1 Å². The topological polar surface area (TPSA) is 67.8 Å². The molecule has 1 heterocycles. The molecule has 2 N–H and O–H groups in total. The van der Waals surface area contributed by atoms with Crippen molar-refractivity contribution in [1.29, 1.82) is 0 Å². The van der Waals surface area contributed by atoms with E-state index in [2.05, 4.69) is 5.32 Å². The summed E-state index contributed by atoms with van der Waals surface area (Å²) in [4.78, 5) is 12.3. The number of aliphatic hydroxyl groups excluding tert-OH is 1. The molecule has 1 amide bonds. The first-order valence-corrected chi connectivity index (χ1v) is 6.35. The molecule has 0 radical (unpaired) electrons. The third-order valence-corrected chi connectivity index (χ3v) is 3.00. The van der Waals surface area contributed by atoms with Gasteiger partial charge in [-0.1, -0.05) is 6.07 Å². The molecule has 5 heteroatoms. The number of fused-ring (bicyclic) bond motifs is 1. The highest BCUT2D eigenvalue weighted by atomic mass is 16.6. The molecule has 0 saturated carbocycles. The van der Waals surface area contributed by atoms with Crippen molar-refractivity contribution in [3.05, 3.63) is 23.8 Å². The molecular weight excluding hydrogens is 246 g/mol. The van der Waals surface area contributed by atoms with E-state index in [-0.39, 0.29) is 12.5 Å². The Morgan fingerprint density at radius 2 is 2.11 bits per heavy atom. The minimum atomic E-state index is -0.468. The molecule has 1 aliphatic rings. The van der Waals surface area contributed by atoms with Crippen LogP contribution < -0.4 is 14.8 Å². The van der Waals surface area contributed by atoms with Crippen molar-refractivity contribution in [1.82, 2.24) is 5.32 Å². The number of benzene rings is 1. The summed E-state index contributed by atoms with van der Waals surface area (Å²) < 4.78 is 11.0. The van der Waals surface area contributed by atoms with E-state index in [4.69, 9.17) is 14.6 Å². The van der Waals surface area contributed by atoms with Gasteiger partial charge in [0.15, 0.2) is 11.5 Å². The largest absolute Gasteiger partial charge is 0.486 e. The monoisotopic (exact) mass is 265 g/mol. The van der Waals surface area contributed by atoms with E-state index >= 15 is 0 Å². The molecule has 0 spiro atoms. The number of carbonyl (C=O) groups excluding carboxylic acids is 1. The van der Waals surface area contributed by atoms with Crippen molar-refractivity contribution in [2.75, 3.05) is 19.8 Å². The van der Waals surface area contributed by atoms with E-state index in [9.17, 15) is 4.79 Å². The number of hydrogen-bond donors (Lipinski definition) is 2. The van der Waals surface area contributed by atoms with Gasteiger partial charge in [-0.2, -0.15) is 0 Å². The molecule has 2 rings (SSSR count). The lowest BCUT2D eigenvalue weighted by Crippen LogP contribution is -2.44. The zero-order valence-corrected chi connectivity index (χ0v) is 11.2. The molecule has 0 aliphatic carbocycles. The van der Waals surface area contributed by atoms with E-state index in [0.717, 1.165) is 0 Å². The lowest BCUT2D eigenvalue weighted by atomic mass is 10.0. The summed E-state index contributed by atoms with van der Waals surface area (Å²) in [6, 6.07) is 5.25. The summed E-state index contributed by atoms with van der Waals surface area (Å²) in [6.45, 7) is 4.70. The Kier molecular flexibility index (Phi) is 3.95. The molecule has 0 atom stereocenters. The maximum absolute atomic E-state index is 12.3. The maximum atomic E-state index is 12.3. The summed E-state index contributed by atoms with van der Waals surface area (Å²) in [7, 11) is 0. The summed E-state index contributed by atoms with van der Waals surface area (Å²) in [5.41, 5.74) is -0.00686. The van der Waals surface area contributed by atoms with Crippen molar-refractivity contribution in [2.24, 2.45) is 0 Å². The third kappa shape index (κ3) is 3.17. The van der Waals surface area contributed by atoms with Crippen molar-refractivity contribution >= 4 is 5.91 Å². The highest BCUT2D eigenvalue weighted by Crippen LogP contribution is 2.33. The average Bonchev–Trinajstić information content (AvgIpc) is 2.37. The van der Waals surface area contributed by atoms with Crippen molar-refractivity contribution < 1.29 is 19.4 Å². The Morgan fingerprint density at radius 3 is 2.84 bits per heavy atom. The number of ether oxygens (including phenoxy) is 2. The number of nitrogens with one attached hydrogen (secondary N) is 1. The lowest BCUT2D eigenvalue weighted by molar-refractivity contribution is 0.0888. The van der Waals surface area contributed by atoms with Crippen LogP contribution >= 0.6 is 0 Å². The van der Waals surface area contributed by atoms with E-state index < -0.39 is 5.54 Å². The van der Waals surface area contributed by atoms with Crippen LogP contribution in [0.2, 0.25) is 0 Å². The first kappa shape index (κ1) is 13.7. The zero-order chi connectivity index (χ0) is 13.9. The molecule has 0 saturated heterocycles. The van der Waals surface area contributed by atoms with Gasteiger partial charge in [-0.15, -0.1) is 0 Å². The van der Waals surface area contributed by atoms with Crippen LogP contribution in [-0.4, -0.2) is 36.4 Å². The molecule has 1 aromatic carbocycles. The van der Waals surface area contributed by atoms with E-state index in [1.165, 1.54) is 0 Å². The number of aliphatic hydroxyl groups is 1. The van der Waals surface area contributed by atoms with Crippen molar-refractivity contribution in [3.63, 3.8) is 0 Å². The molecular formula is C14H19NO4. The van der Waals surface area contributed by atoms with E-state index in [1.807, 2.05) is 13.8 Å². The highest BCUT2D eigenvalue weighted by molar-refractivity contribution is 5.98. The molecule has 19 heavy (non-hydrogen) atoms. The summed E-state index contributed by atoms with van der Waals surface area (Å²) >= 11 is 0. The second-order valence-corrected chi connectivity index (χ2v) is 5.14. The minimum absolute atomic E-state index is 0.0276. The Morgan fingerprint density at radius 1 is 1.37 bits per heavy atom. The van der Waals surface area contributed by atoms with Crippen LogP contribution in [0.15, 0.2) is 18.2 Å². The lowest BCUT2D eigenvalue weighted by Gasteiger charge is -2.27. The Labute approximate surface area is 112 Å². The average molecular weight is 265 g/mol. The number of rotatable bonds is 4. The van der Waals surface area contributed by atoms with Gasteiger partial charge in [0.2, 0.25) is 0 Å². The molecule has 5 nitrogen and oxygen atoms in total. The van der Waals surface area contributed by atoms with Gasteiger partial charge < -0.3 is 19.9 Å². The van der Waals surface area contributed by atoms with Crippen LogP contribution in [-0.2, 0) is 0 Å². The first-order chi connectivity index (χ1) is 9.03. The Balaban J connectivity index is 2.20. The normalized spacial score (nSPS) is 14.1. The number of amides is 1. The number of carbonyl (C=O) groups is 1. The fourth-order valence-corrected chi connectivity index (χ4v) is 1.97. The third-order valence-electron chi connectivity index (χ3n) is 3.00. The molecule has 1 aromatic rings. The maximum Gasteiger partial charge on any atom is 0.255 e. The minimum Gasteiger partial charge on any atom is -0.486 e. The van der Waals surface area contributed by atoms with Gasteiger partial charge in [0.05, 0.1) is 5.56 Å². The highest BCUT2D eigenvalue weighted by Gasteiger charge is 2.25. The van der Waals surface area contributed by atoms with Gasteiger partial charge >= 0.3 is 0 Å². The van der Waals surface area contributed by atoms with Gasteiger partial charge in [-0.3, -0.25) is 4.79 Å². The van der Waals surface area contributed by atoms with Crippen LogP contribution in [0.1, 0.15) is 30.6 Å². The van der Waals surface area contributed by atoms with Crippen LogP contribution in [0.25, 0.3) is 0 Å². The summed E-state index contributed by atoms with van der Waals surface area (Å²) in [5, 5.41) is 11.9. The van der Waals surface area contributed by atoms with Crippen LogP contribution in [0.4, 0.5) is 0 Å². The Hall–Kier alpha value is -1.75. The van der Waals surface area contributed by atoms with Crippen LogP contribution in [0.3, 0.4) is 0 Å². The van der Waals surface area contributed by atoms with Gasteiger partial charge in [0.25, 0.3) is 5.91 Å². The predicted molar refractivity (Wildman–Crippen MR) is 70.7 cm³/mol. The standard InChI is InChI=1S/C14H19NO4/c1-14(2,6-7-16)15-13(17)10-4-3-5-11-12(10)19-9-8-18-11/h3-5,16H,6-9H2,1-2H3,(H,15,17). The van der Waals surface area contributed by atoms with Crippen molar-refractivity contribution in [2.45, 2.75) is 25.8 Å². The zero-order valence-electron chi connectivity index (χ0n) is 11.2. The van der Waals surface area contributed by atoms with Gasteiger partial charge in [-0.05, 0) is 32.4 Å². The number of hydrogen-bond acceptors (Lipinski definition) is 4. The van der Waals surface area contributed by atoms with Crippen LogP contribution in [0.5, 0.6) is 11.5 Å². The molecule has 104 valence electrons. The predicted octanol–water partition coefficient (Wildman–Crippen LogP) is 1.35. The number of para-hydroxylation sites is 1. The molecule has 0 bridgehead atoms. The fraction of sp³-hybridized carbons (Fsp3) is 0.500. The van der Waals surface area contributed by atoms with Gasteiger partial charge in [-0.25, -0.2) is 0 Å². The second kappa shape index (κ2) is 5.48. The smallest absolute Gasteiger partial charge is 0.255 e. The molecule has 0 aromatic heterocycles. The molecule has 0 fully saturated rings. The molecule has 1 aliphatic heterocycles. The Bertz CT molecular complexity index is 471. The summed E-state index contributed by atoms with van der Waals surface area (Å²) in [6.07, 6.45) is 0.491. The first-order valence-electron chi connectivity index (χ1n) is 6.35. The second-order valence-electron chi connectivity index (χ2n) is 5.14. The quantitative estimate of drug-likeness (QED) is 0.862. The van der Waals surface area contributed by atoms with Gasteiger partial charge in [0.1, 0.15) is 13.2 Å². The van der Waals surface area contributed by atoms with Crippen molar-refractivity contribution in [3.8, 4) is 11.5 Å². The van der Waals surface area contributed by atoms with Crippen LogP contribution in [0, 0.1) is 0 Å². The SMILES string of the molecule is CC(C)(CCO)NC(=O)c1cccc2c1OCCO2. The molecule has 0 unspecified atom stereocenters. The summed E-state index contributed by atoms with van der Waals surface area (Å²) in [5.74, 6) is 0.866. The van der Waals surface area contributed by atoms with E-state index in [1.54, 1.807) is 18.2 Å². The van der Waals surface area contributed by atoms with E-state index in [0.29, 0.717) is 36.7 Å². The fourth-order valence-electron chi connectivity index (χ4n) is 1.97.